The zero-order valence-corrected chi connectivity index (χ0v) is 14.7. The van der Waals surface area contributed by atoms with Crippen LogP contribution >= 0.6 is 0 Å². The Kier molecular flexibility index (Phi) is 5.11. The van der Waals surface area contributed by atoms with Crippen LogP contribution in [0.1, 0.15) is 35.6 Å². The fourth-order valence-electron chi connectivity index (χ4n) is 2.89. The Balaban J connectivity index is 1.69. The van der Waals surface area contributed by atoms with Gasteiger partial charge in [0.15, 0.2) is 11.8 Å². The SMILES string of the molecule is CCOC(=O)c1n[nH]c2c1CN(C(=O)C(C)Oc1ccc(O)cc1)CC2. The first kappa shape index (κ1) is 17.8. The zero-order chi connectivity index (χ0) is 18.7. The summed E-state index contributed by atoms with van der Waals surface area (Å²) in [6.07, 6.45) is -0.113. The lowest BCUT2D eigenvalue weighted by molar-refractivity contribution is -0.138. The van der Waals surface area contributed by atoms with Crippen LogP contribution in [0.5, 0.6) is 11.5 Å². The average molecular weight is 359 g/mol. The fraction of sp³-hybridized carbons (Fsp3) is 0.389. The van der Waals surface area contributed by atoms with E-state index in [1.165, 1.54) is 12.1 Å². The van der Waals surface area contributed by atoms with Crippen molar-refractivity contribution in [3.05, 3.63) is 41.2 Å². The number of aromatic amines is 1. The summed E-state index contributed by atoms with van der Waals surface area (Å²) in [7, 11) is 0. The number of phenols is 1. The van der Waals surface area contributed by atoms with Gasteiger partial charge >= 0.3 is 5.97 Å². The molecule has 138 valence electrons. The minimum atomic E-state index is -0.695. The Morgan fingerprint density at radius 3 is 2.77 bits per heavy atom. The summed E-state index contributed by atoms with van der Waals surface area (Å²) in [5.74, 6) is -0.0457. The van der Waals surface area contributed by atoms with Gasteiger partial charge < -0.3 is 19.5 Å². The van der Waals surface area contributed by atoms with E-state index in [-0.39, 0.29) is 30.5 Å². The molecule has 0 aliphatic carbocycles. The van der Waals surface area contributed by atoms with E-state index in [1.54, 1.807) is 30.9 Å². The second kappa shape index (κ2) is 7.47. The molecule has 8 nitrogen and oxygen atoms in total. The van der Waals surface area contributed by atoms with Gasteiger partial charge in [0.05, 0.1) is 13.2 Å². The van der Waals surface area contributed by atoms with Crippen molar-refractivity contribution < 1.29 is 24.2 Å². The van der Waals surface area contributed by atoms with Crippen molar-refractivity contribution in [2.45, 2.75) is 32.9 Å². The molecule has 1 aromatic carbocycles. The van der Waals surface area contributed by atoms with Gasteiger partial charge in [0.2, 0.25) is 0 Å². The molecule has 1 aliphatic heterocycles. The summed E-state index contributed by atoms with van der Waals surface area (Å²) in [6, 6.07) is 6.19. The molecule has 8 heteroatoms. The third-order valence-electron chi connectivity index (χ3n) is 4.21. The second-order valence-corrected chi connectivity index (χ2v) is 6.01. The first-order valence-corrected chi connectivity index (χ1v) is 8.47. The maximum Gasteiger partial charge on any atom is 0.359 e. The number of H-pyrrole nitrogens is 1. The lowest BCUT2D eigenvalue weighted by atomic mass is 10.0. The molecule has 0 fully saturated rings. The maximum absolute atomic E-state index is 12.7. The molecular weight excluding hydrogens is 338 g/mol. The molecule has 3 rings (SSSR count). The molecule has 0 spiro atoms. The molecule has 1 amide bonds. The van der Waals surface area contributed by atoms with E-state index < -0.39 is 12.1 Å². The number of nitrogens with zero attached hydrogens (tertiary/aromatic N) is 2. The van der Waals surface area contributed by atoms with Gasteiger partial charge in [-0.3, -0.25) is 9.89 Å². The Morgan fingerprint density at radius 2 is 2.08 bits per heavy atom. The van der Waals surface area contributed by atoms with Gasteiger partial charge in [-0.2, -0.15) is 5.10 Å². The number of amides is 1. The highest BCUT2D eigenvalue weighted by Gasteiger charge is 2.30. The molecule has 2 aromatic rings. The van der Waals surface area contributed by atoms with E-state index in [4.69, 9.17) is 9.47 Å². The Labute approximate surface area is 150 Å². The highest BCUT2D eigenvalue weighted by atomic mass is 16.5. The van der Waals surface area contributed by atoms with Crippen LogP contribution in [0.3, 0.4) is 0 Å². The van der Waals surface area contributed by atoms with Crippen LogP contribution in [-0.2, 0) is 22.5 Å². The molecule has 2 N–H and O–H groups in total. The van der Waals surface area contributed by atoms with E-state index in [0.717, 1.165) is 5.69 Å². The summed E-state index contributed by atoms with van der Waals surface area (Å²) >= 11 is 0. The number of carbonyl (C=O) groups is 2. The van der Waals surface area contributed by atoms with Gasteiger partial charge in [-0.25, -0.2) is 4.79 Å². The molecule has 26 heavy (non-hydrogen) atoms. The Bertz CT molecular complexity index is 800. The molecule has 0 saturated carbocycles. The number of aromatic nitrogens is 2. The van der Waals surface area contributed by atoms with Gasteiger partial charge in [-0.1, -0.05) is 0 Å². The molecule has 1 unspecified atom stereocenters. The van der Waals surface area contributed by atoms with Crippen molar-refractivity contribution in [2.75, 3.05) is 13.2 Å². The van der Waals surface area contributed by atoms with Gasteiger partial charge in [-0.15, -0.1) is 0 Å². The standard InChI is InChI=1S/C18H21N3O5/c1-3-25-18(24)16-14-10-21(9-8-15(14)19-20-16)17(23)11(2)26-13-6-4-12(22)5-7-13/h4-7,11,22H,3,8-10H2,1-2H3,(H,19,20). The van der Waals surface area contributed by atoms with Crippen molar-refractivity contribution in [1.29, 1.82) is 0 Å². The Morgan fingerprint density at radius 1 is 1.35 bits per heavy atom. The minimum Gasteiger partial charge on any atom is -0.508 e. The van der Waals surface area contributed by atoms with Crippen molar-refractivity contribution in [1.82, 2.24) is 15.1 Å². The number of hydrogen-bond acceptors (Lipinski definition) is 6. The summed E-state index contributed by atoms with van der Waals surface area (Å²) < 4.78 is 10.7. The lowest BCUT2D eigenvalue weighted by Gasteiger charge is -2.29. The fourth-order valence-corrected chi connectivity index (χ4v) is 2.89. The number of rotatable bonds is 5. The number of fused-ring (bicyclic) bond motifs is 1. The molecule has 0 saturated heterocycles. The van der Waals surface area contributed by atoms with Crippen LogP contribution in [0.25, 0.3) is 0 Å². The molecule has 1 atom stereocenters. The molecule has 0 radical (unpaired) electrons. The average Bonchev–Trinajstić information content (AvgIpc) is 3.06. The topological polar surface area (TPSA) is 105 Å². The lowest BCUT2D eigenvalue weighted by Crippen LogP contribution is -2.43. The van der Waals surface area contributed by atoms with E-state index in [1.807, 2.05) is 0 Å². The zero-order valence-electron chi connectivity index (χ0n) is 14.7. The smallest absolute Gasteiger partial charge is 0.359 e. The quantitative estimate of drug-likeness (QED) is 0.787. The number of hydrogen-bond donors (Lipinski definition) is 2. The molecule has 1 aliphatic rings. The van der Waals surface area contributed by atoms with E-state index in [0.29, 0.717) is 24.3 Å². The predicted octanol–water partition coefficient (Wildman–Crippen LogP) is 1.64. The molecule has 2 heterocycles. The monoisotopic (exact) mass is 359 g/mol. The Hall–Kier alpha value is -3.03. The van der Waals surface area contributed by atoms with Crippen LogP contribution in [0, 0.1) is 0 Å². The highest BCUT2D eigenvalue weighted by Crippen LogP contribution is 2.23. The minimum absolute atomic E-state index is 0.131. The van der Waals surface area contributed by atoms with Crippen molar-refractivity contribution in [3.63, 3.8) is 0 Å². The number of carbonyl (C=O) groups excluding carboxylic acids is 2. The molecule has 0 bridgehead atoms. The predicted molar refractivity (Wildman–Crippen MR) is 91.9 cm³/mol. The number of phenolic OH excluding ortho intramolecular Hbond substituents is 1. The summed E-state index contributed by atoms with van der Waals surface area (Å²) in [5, 5.41) is 16.2. The first-order valence-electron chi connectivity index (χ1n) is 8.47. The molecular formula is C18H21N3O5. The van der Waals surface area contributed by atoms with Crippen LogP contribution in [0.4, 0.5) is 0 Å². The number of ether oxygens (including phenoxy) is 2. The van der Waals surface area contributed by atoms with E-state index >= 15 is 0 Å². The number of esters is 1. The molecule has 1 aromatic heterocycles. The van der Waals surface area contributed by atoms with Crippen LogP contribution in [-0.4, -0.2) is 51.3 Å². The van der Waals surface area contributed by atoms with Crippen molar-refractivity contribution in [2.24, 2.45) is 0 Å². The van der Waals surface area contributed by atoms with Gasteiger partial charge in [0.25, 0.3) is 5.91 Å². The number of nitrogens with one attached hydrogen (secondary N) is 1. The maximum atomic E-state index is 12.7. The third kappa shape index (κ3) is 3.63. The van der Waals surface area contributed by atoms with Crippen LogP contribution in [0.15, 0.2) is 24.3 Å². The number of aromatic hydroxyl groups is 1. The normalized spacial score (nSPS) is 14.5. The summed E-state index contributed by atoms with van der Waals surface area (Å²) in [4.78, 5) is 26.4. The van der Waals surface area contributed by atoms with Crippen LogP contribution < -0.4 is 4.74 Å². The largest absolute Gasteiger partial charge is 0.508 e. The summed E-state index contributed by atoms with van der Waals surface area (Å²) in [5.41, 5.74) is 1.77. The highest BCUT2D eigenvalue weighted by molar-refractivity contribution is 5.89. The van der Waals surface area contributed by atoms with Crippen molar-refractivity contribution >= 4 is 11.9 Å². The van der Waals surface area contributed by atoms with Gasteiger partial charge in [-0.05, 0) is 38.1 Å². The summed E-state index contributed by atoms with van der Waals surface area (Å²) in [6.45, 7) is 4.46. The van der Waals surface area contributed by atoms with E-state index in [2.05, 4.69) is 10.2 Å². The van der Waals surface area contributed by atoms with E-state index in [9.17, 15) is 14.7 Å². The first-order chi connectivity index (χ1) is 12.5. The van der Waals surface area contributed by atoms with Gasteiger partial charge in [0.1, 0.15) is 11.5 Å². The van der Waals surface area contributed by atoms with Gasteiger partial charge in [0, 0.05) is 24.2 Å². The number of benzene rings is 1. The van der Waals surface area contributed by atoms with Crippen molar-refractivity contribution in [3.8, 4) is 11.5 Å². The second-order valence-electron chi connectivity index (χ2n) is 6.01. The third-order valence-corrected chi connectivity index (χ3v) is 4.21. The van der Waals surface area contributed by atoms with Crippen LogP contribution in [0.2, 0.25) is 0 Å².